The summed E-state index contributed by atoms with van der Waals surface area (Å²) in [5, 5.41) is 9.86. The summed E-state index contributed by atoms with van der Waals surface area (Å²) in [6, 6.07) is 21.4. The Labute approximate surface area is 124 Å². The minimum atomic E-state index is -0.367. The van der Waals surface area contributed by atoms with Crippen molar-refractivity contribution in [2.45, 2.75) is 24.2 Å². The molecule has 101 valence electrons. The maximum absolute atomic E-state index is 9.86. The first-order valence-corrected chi connectivity index (χ1v) is 8.53. The number of aliphatic hydroxyl groups is 1. The predicted octanol–water partition coefficient (Wildman–Crippen LogP) is 4.31. The largest absolute Gasteiger partial charge is 0.392 e. The van der Waals surface area contributed by atoms with E-state index in [2.05, 4.69) is 60.7 Å². The summed E-state index contributed by atoms with van der Waals surface area (Å²) in [5.41, 5.74) is 3.93. The first-order chi connectivity index (χ1) is 9.40. The number of hydrogen-bond acceptors (Lipinski definition) is 1. The van der Waals surface area contributed by atoms with E-state index in [-0.39, 0.29) is 16.3 Å². The molecule has 0 saturated carbocycles. The molecule has 1 N–H and O–H groups in total. The van der Waals surface area contributed by atoms with Gasteiger partial charge < -0.3 is 5.11 Å². The Morgan fingerprint density at radius 3 is 1.55 bits per heavy atom. The topological polar surface area (TPSA) is 20.2 Å². The third kappa shape index (κ3) is 2.97. The van der Waals surface area contributed by atoms with Crippen molar-refractivity contribution < 1.29 is 5.11 Å². The monoisotopic (exact) mass is 281 g/mol. The summed E-state index contributed by atoms with van der Waals surface area (Å²) in [6.07, 6.45) is 2.75. The van der Waals surface area contributed by atoms with Crippen molar-refractivity contribution in [1.82, 2.24) is 0 Å². The molecule has 1 saturated heterocycles. The molecule has 0 amide bonds. The Kier molecular flexibility index (Phi) is 5.40. The van der Waals surface area contributed by atoms with E-state index in [0.717, 1.165) is 0 Å². The zero-order valence-electron chi connectivity index (χ0n) is 11.5. The van der Waals surface area contributed by atoms with Gasteiger partial charge in [-0.1, -0.05) is 68.6 Å². The highest BCUT2D eigenvalue weighted by Crippen LogP contribution is 2.69. The van der Waals surface area contributed by atoms with Gasteiger partial charge in [-0.05, 0) is 24.0 Å². The fourth-order valence-corrected chi connectivity index (χ4v) is 6.03. The van der Waals surface area contributed by atoms with Gasteiger partial charge in [-0.15, -0.1) is 0 Å². The van der Waals surface area contributed by atoms with E-state index >= 15 is 0 Å². The molecule has 1 aliphatic heterocycles. The molecule has 3 heteroatoms. The Bertz CT molecular complexity index is 470. The smallest absolute Gasteiger partial charge is 0.0635 e. The molecule has 3 rings (SSSR count). The van der Waals surface area contributed by atoms with Crippen LogP contribution in [0.2, 0.25) is 0 Å². The molecule has 3 radical (unpaired) electrons. The van der Waals surface area contributed by atoms with Crippen molar-refractivity contribution in [3.8, 4) is 0 Å². The van der Waals surface area contributed by atoms with E-state index in [1.807, 2.05) is 0 Å². The van der Waals surface area contributed by atoms with Gasteiger partial charge in [0.05, 0.1) is 6.35 Å². The fraction of sp³-hybridized carbons (Fsp3) is 0.294. The Balaban J connectivity index is 0.00000147. The van der Waals surface area contributed by atoms with Crippen LogP contribution in [0.4, 0.5) is 0 Å². The second-order valence-electron chi connectivity index (χ2n) is 5.09. The molecule has 0 spiro atoms. The lowest BCUT2D eigenvalue weighted by molar-refractivity contribution is 0.368. The first-order valence-electron chi connectivity index (χ1n) is 6.86. The van der Waals surface area contributed by atoms with Crippen LogP contribution in [0.5, 0.6) is 0 Å². The molecule has 1 nitrogen and oxygen atoms in total. The van der Waals surface area contributed by atoms with Gasteiger partial charge in [0.25, 0.3) is 0 Å². The van der Waals surface area contributed by atoms with Gasteiger partial charge in [0.1, 0.15) is 0 Å². The summed E-state index contributed by atoms with van der Waals surface area (Å²) in [5.74, 6) is 0. The second-order valence-corrected chi connectivity index (χ2v) is 7.64. The fourth-order valence-electron chi connectivity index (χ4n) is 3.13. The van der Waals surface area contributed by atoms with Crippen molar-refractivity contribution in [3.63, 3.8) is 0 Å². The molecule has 20 heavy (non-hydrogen) atoms. The molecule has 2 atom stereocenters. The van der Waals surface area contributed by atoms with Gasteiger partial charge in [0, 0.05) is 19.7 Å². The summed E-state index contributed by atoms with van der Waals surface area (Å²) >= 11 is 0. The van der Waals surface area contributed by atoms with Gasteiger partial charge in [0.2, 0.25) is 0 Å². The molecule has 1 heterocycles. The lowest BCUT2D eigenvalue weighted by Gasteiger charge is -2.24. The van der Waals surface area contributed by atoms with E-state index in [0.29, 0.717) is 17.7 Å². The lowest BCUT2D eigenvalue weighted by Crippen LogP contribution is -1.97. The van der Waals surface area contributed by atoms with Gasteiger partial charge in [0.15, 0.2) is 0 Å². The number of hydrogen-bond donors (Lipinski definition) is 1. The molecule has 1 aliphatic rings. The van der Waals surface area contributed by atoms with E-state index in [4.69, 9.17) is 0 Å². The van der Waals surface area contributed by atoms with E-state index in [1.54, 1.807) is 0 Å². The minimum absolute atomic E-state index is 0. The molecule has 0 bridgehead atoms. The Morgan fingerprint density at radius 1 is 0.800 bits per heavy atom. The third-order valence-electron chi connectivity index (χ3n) is 4.05. The molecular weight excluding hydrogens is 262 g/mol. The summed E-state index contributed by atoms with van der Waals surface area (Å²) in [7, 11) is -0.367. The Hall–Kier alpha value is -1.11. The van der Waals surface area contributed by atoms with Gasteiger partial charge in [-0.3, -0.25) is 0 Å². The number of benzene rings is 2. The van der Waals surface area contributed by atoms with Crippen molar-refractivity contribution in [1.29, 1.82) is 0 Å². The molecule has 0 aliphatic carbocycles. The number of rotatable bonds is 3. The highest BCUT2D eigenvalue weighted by atomic mass is 31.1. The molecule has 1 fully saturated rings. The van der Waals surface area contributed by atoms with E-state index < -0.39 is 0 Å². The summed E-state index contributed by atoms with van der Waals surface area (Å²) < 4.78 is 0. The van der Waals surface area contributed by atoms with Crippen LogP contribution in [0, 0.1) is 0 Å². The standard InChI is InChI=1S/C17H19OP.B/c18-13-19-16(14-7-3-1-4-8-14)11-12-17(19)15-9-5-2-6-10-15;/h1-10,16-18H,11-13H2;/t16-,17-;/m1./s1. The Morgan fingerprint density at radius 2 is 1.20 bits per heavy atom. The molecule has 2 aromatic carbocycles. The van der Waals surface area contributed by atoms with Gasteiger partial charge >= 0.3 is 0 Å². The highest BCUT2D eigenvalue weighted by Gasteiger charge is 2.36. The first kappa shape index (κ1) is 15.3. The van der Waals surface area contributed by atoms with Crippen molar-refractivity contribution in [2.24, 2.45) is 0 Å². The summed E-state index contributed by atoms with van der Waals surface area (Å²) in [6.45, 7) is 0. The quantitative estimate of drug-likeness (QED) is 0.656. The van der Waals surface area contributed by atoms with Gasteiger partial charge in [-0.25, -0.2) is 0 Å². The maximum Gasteiger partial charge on any atom is 0.0635 e. The zero-order valence-corrected chi connectivity index (χ0v) is 12.4. The van der Waals surface area contributed by atoms with Crippen LogP contribution in [0.15, 0.2) is 60.7 Å². The van der Waals surface area contributed by atoms with Crippen molar-refractivity contribution >= 4 is 16.3 Å². The SMILES string of the molecule is OCP1[C@@H](c2ccccc2)CC[C@@H]1c1ccccc1.[B]. The molecule has 0 aromatic heterocycles. The van der Waals surface area contributed by atoms with Crippen LogP contribution >= 0.6 is 7.92 Å². The van der Waals surface area contributed by atoms with Crippen molar-refractivity contribution in [3.05, 3.63) is 71.8 Å². The van der Waals surface area contributed by atoms with Crippen LogP contribution < -0.4 is 0 Å². The normalized spacial score (nSPS) is 22.4. The molecule has 0 unspecified atom stereocenters. The minimum Gasteiger partial charge on any atom is -0.392 e. The van der Waals surface area contributed by atoms with Crippen molar-refractivity contribution in [2.75, 3.05) is 6.35 Å². The maximum atomic E-state index is 9.86. The third-order valence-corrected chi connectivity index (χ3v) is 7.09. The average Bonchev–Trinajstić information content (AvgIpc) is 2.93. The van der Waals surface area contributed by atoms with E-state index in [1.165, 1.54) is 24.0 Å². The van der Waals surface area contributed by atoms with Crippen LogP contribution in [-0.2, 0) is 0 Å². The zero-order chi connectivity index (χ0) is 13.1. The second kappa shape index (κ2) is 7.06. The predicted molar refractivity (Wildman–Crippen MR) is 87.4 cm³/mol. The highest BCUT2D eigenvalue weighted by molar-refractivity contribution is 7.58. The summed E-state index contributed by atoms with van der Waals surface area (Å²) in [4.78, 5) is 0. The van der Waals surface area contributed by atoms with Crippen LogP contribution in [-0.4, -0.2) is 19.9 Å². The number of aliphatic hydroxyl groups excluding tert-OH is 1. The van der Waals surface area contributed by atoms with Crippen LogP contribution in [0.1, 0.15) is 35.3 Å². The lowest BCUT2D eigenvalue weighted by atomic mass is 10.0. The molecule has 2 aromatic rings. The molecular formula is C17H19BOP. The van der Waals surface area contributed by atoms with Crippen LogP contribution in [0.25, 0.3) is 0 Å². The van der Waals surface area contributed by atoms with Crippen LogP contribution in [0.3, 0.4) is 0 Å². The van der Waals surface area contributed by atoms with E-state index in [9.17, 15) is 5.11 Å². The van der Waals surface area contributed by atoms with Gasteiger partial charge in [-0.2, -0.15) is 0 Å². The average molecular weight is 281 g/mol.